The fourth-order valence-corrected chi connectivity index (χ4v) is 9.11. The van der Waals surface area contributed by atoms with E-state index in [-0.39, 0.29) is 35.7 Å². The van der Waals surface area contributed by atoms with Crippen molar-refractivity contribution in [3.8, 4) is 33.1 Å². The summed E-state index contributed by atoms with van der Waals surface area (Å²) in [5.74, 6) is 1.09. The topological polar surface area (TPSA) is 191 Å². The number of H-pyrrole nitrogens is 2. The van der Waals surface area contributed by atoms with Gasteiger partial charge in [0.15, 0.2) is 0 Å². The molecule has 59 heavy (non-hydrogen) atoms. The number of carbonyl (C=O) groups excluding carboxylic acids is 3. The SMILES string of the molecule is COC(=O)NC(C(=O)N1CCCCC1c1ncc(-c2ccc(-c3nc4ccc(-c5cnc(C6CCCCN6C(=O)C(NC(O)OC)C(C)C)[nH]5)cc4s3)cc2)[nH]1)C(C)C. The van der Waals surface area contributed by atoms with E-state index in [1.807, 2.05) is 74.2 Å². The van der Waals surface area contributed by atoms with Crippen LogP contribution in [0.3, 0.4) is 0 Å². The van der Waals surface area contributed by atoms with Gasteiger partial charge < -0.3 is 39.7 Å². The van der Waals surface area contributed by atoms with E-state index in [2.05, 4.69) is 38.8 Å². The summed E-state index contributed by atoms with van der Waals surface area (Å²) >= 11 is 1.62. The Kier molecular flexibility index (Phi) is 13.1. The molecule has 2 aliphatic rings. The van der Waals surface area contributed by atoms with Crippen LogP contribution in [-0.4, -0.2) is 104 Å². The van der Waals surface area contributed by atoms with Gasteiger partial charge in [0.2, 0.25) is 18.2 Å². The molecule has 5 N–H and O–H groups in total. The van der Waals surface area contributed by atoms with Gasteiger partial charge in [-0.2, -0.15) is 0 Å². The maximum atomic E-state index is 13.8. The second kappa shape index (κ2) is 18.4. The first-order valence-electron chi connectivity index (χ1n) is 20.5. The van der Waals surface area contributed by atoms with E-state index in [0.717, 1.165) is 93.5 Å². The molecule has 0 radical (unpaired) electrons. The molecule has 5 aromatic rings. The van der Waals surface area contributed by atoms with Gasteiger partial charge in [0.25, 0.3) is 0 Å². The lowest BCUT2D eigenvalue weighted by Gasteiger charge is -2.38. The predicted molar refractivity (Wildman–Crippen MR) is 226 cm³/mol. The largest absolute Gasteiger partial charge is 0.453 e. The summed E-state index contributed by atoms with van der Waals surface area (Å²) in [4.78, 5) is 64.7. The van der Waals surface area contributed by atoms with Gasteiger partial charge in [-0.15, -0.1) is 11.3 Å². The first-order valence-corrected chi connectivity index (χ1v) is 21.3. The number of imidazole rings is 2. The van der Waals surface area contributed by atoms with Crippen molar-refractivity contribution in [2.45, 2.75) is 96.8 Å². The molecule has 16 heteroatoms. The third-order valence-electron chi connectivity index (χ3n) is 11.4. The Hall–Kier alpha value is -5.16. The first kappa shape index (κ1) is 42.0. The van der Waals surface area contributed by atoms with Crippen LogP contribution in [0.1, 0.15) is 90.0 Å². The molecule has 5 heterocycles. The highest BCUT2D eigenvalue weighted by atomic mass is 32.1. The van der Waals surface area contributed by atoms with Gasteiger partial charge in [-0.1, -0.05) is 58.0 Å². The number of piperidine rings is 2. The number of aromatic nitrogens is 5. The standard InChI is InChI=1S/C43H55N9O6S/c1-24(2)35(49-42(55)57-5)40(53)51-19-9-7-11-32(51)37-44-22-30(46-37)26-13-15-27(16-14-26)39-48-29-18-17-28(21-34(29)59-39)31-23-45-38(47-31)33-12-8-10-20-52(33)41(54)36(25(3)4)50-43(56)58-6/h13-18,21-25,32-33,35-36,43,50,56H,7-12,19-20H2,1-6H3,(H,44,46)(H,45,47)(H,49,55). The Balaban J connectivity index is 1.05. The number of alkyl carbamates (subject to hydrolysis) is 1. The van der Waals surface area contributed by atoms with Crippen LogP contribution in [0.15, 0.2) is 54.9 Å². The molecule has 0 spiro atoms. The zero-order valence-electron chi connectivity index (χ0n) is 34.5. The number of aliphatic hydroxyl groups excluding tert-OH is 1. The lowest BCUT2D eigenvalue weighted by Crippen LogP contribution is -2.54. The average molecular weight is 826 g/mol. The molecule has 2 fully saturated rings. The summed E-state index contributed by atoms with van der Waals surface area (Å²) in [6.07, 6.45) is 7.13. The van der Waals surface area contributed by atoms with E-state index in [1.54, 1.807) is 11.3 Å². The minimum absolute atomic E-state index is 0.0539. The van der Waals surface area contributed by atoms with Crippen LogP contribution in [0.25, 0.3) is 43.3 Å². The van der Waals surface area contributed by atoms with E-state index in [4.69, 9.17) is 24.4 Å². The van der Waals surface area contributed by atoms with Crippen molar-refractivity contribution < 1.29 is 29.0 Å². The second-order valence-electron chi connectivity index (χ2n) is 16.1. The molecule has 5 unspecified atom stereocenters. The number of amides is 3. The monoisotopic (exact) mass is 825 g/mol. The van der Waals surface area contributed by atoms with Gasteiger partial charge in [-0.05, 0) is 68.1 Å². The van der Waals surface area contributed by atoms with Crippen molar-refractivity contribution in [1.29, 1.82) is 0 Å². The number of fused-ring (bicyclic) bond motifs is 1. The molecule has 2 saturated heterocycles. The molecule has 7 rings (SSSR count). The van der Waals surface area contributed by atoms with Crippen molar-refractivity contribution >= 4 is 39.5 Å². The second-order valence-corrected chi connectivity index (χ2v) is 17.1. The van der Waals surface area contributed by atoms with Crippen LogP contribution in [0, 0.1) is 11.8 Å². The number of nitrogens with zero attached hydrogens (tertiary/aromatic N) is 5. The number of carbonyl (C=O) groups is 3. The first-order chi connectivity index (χ1) is 28.4. The maximum absolute atomic E-state index is 13.8. The number of nitrogens with one attached hydrogen (secondary N) is 4. The third-order valence-corrected chi connectivity index (χ3v) is 12.5. The number of aliphatic hydroxyl groups is 1. The van der Waals surface area contributed by atoms with Crippen molar-refractivity contribution in [3.63, 3.8) is 0 Å². The van der Waals surface area contributed by atoms with Crippen molar-refractivity contribution in [3.05, 3.63) is 66.5 Å². The molecule has 3 aromatic heterocycles. The Morgan fingerprint density at radius 2 is 1.32 bits per heavy atom. The normalized spacial score (nSPS) is 18.9. The molecule has 3 amide bonds. The van der Waals surface area contributed by atoms with E-state index in [9.17, 15) is 19.5 Å². The minimum Gasteiger partial charge on any atom is -0.453 e. The average Bonchev–Trinajstić information content (AvgIpc) is 4.04. The zero-order chi connectivity index (χ0) is 41.8. The zero-order valence-corrected chi connectivity index (χ0v) is 35.3. The molecule has 0 bridgehead atoms. The Bertz CT molecular complexity index is 2230. The van der Waals surface area contributed by atoms with Crippen LogP contribution in [0.2, 0.25) is 0 Å². The number of benzene rings is 2. The number of rotatable bonds is 13. The highest BCUT2D eigenvalue weighted by molar-refractivity contribution is 7.21. The molecule has 2 aliphatic heterocycles. The van der Waals surface area contributed by atoms with Crippen LogP contribution >= 0.6 is 11.3 Å². The molecule has 0 aliphatic carbocycles. The quantitative estimate of drug-likeness (QED) is 0.0793. The Morgan fingerprint density at radius 3 is 1.88 bits per heavy atom. The van der Waals surface area contributed by atoms with Gasteiger partial charge in [0.1, 0.15) is 22.7 Å². The minimum atomic E-state index is -1.23. The van der Waals surface area contributed by atoms with Crippen LogP contribution in [0.4, 0.5) is 4.79 Å². The molecular formula is C43H55N9O6S. The van der Waals surface area contributed by atoms with E-state index < -0.39 is 24.6 Å². The lowest BCUT2D eigenvalue weighted by atomic mass is 9.97. The highest BCUT2D eigenvalue weighted by Crippen LogP contribution is 2.37. The number of aromatic amines is 2. The molecule has 2 aromatic carbocycles. The van der Waals surface area contributed by atoms with E-state index in [1.165, 1.54) is 14.2 Å². The number of likely N-dealkylation sites (tertiary alicyclic amines) is 2. The Labute approximate surface area is 348 Å². The summed E-state index contributed by atoms with van der Waals surface area (Å²) < 4.78 is 10.8. The van der Waals surface area contributed by atoms with Crippen molar-refractivity contribution in [2.24, 2.45) is 11.8 Å². The summed E-state index contributed by atoms with van der Waals surface area (Å²) in [6, 6.07) is 12.7. The van der Waals surface area contributed by atoms with E-state index >= 15 is 0 Å². The summed E-state index contributed by atoms with van der Waals surface area (Å²) in [7, 11) is 2.69. The highest BCUT2D eigenvalue weighted by Gasteiger charge is 2.37. The van der Waals surface area contributed by atoms with Crippen molar-refractivity contribution in [2.75, 3.05) is 27.3 Å². The smallest absolute Gasteiger partial charge is 0.407 e. The van der Waals surface area contributed by atoms with Gasteiger partial charge in [0.05, 0.1) is 59.2 Å². The van der Waals surface area contributed by atoms with Crippen LogP contribution in [-0.2, 0) is 19.1 Å². The molecule has 314 valence electrons. The molecule has 5 atom stereocenters. The number of hydrogen-bond acceptors (Lipinski definition) is 11. The Morgan fingerprint density at radius 1 is 0.780 bits per heavy atom. The van der Waals surface area contributed by atoms with Gasteiger partial charge in [-0.25, -0.2) is 19.7 Å². The third kappa shape index (κ3) is 9.20. The van der Waals surface area contributed by atoms with Gasteiger partial charge >= 0.3 is 6.09 Å². The fraction of sp³-hybridized carbons (Fsp3) is 0.488. The van der Waals surface area contributed by atoms with E-state index in [0.29, 0.717) is 13.1 Å². The number of ether oxygens (including phenoxy) is 2. The lowest BCUT2D eigenvalue weighted by molar-refractivity contribution is -0.147. The van der Waals surface area contributed by atoms with Crippen molar-refractivity contribution in [1.82, 2.24) is 45.4 Å². The summed E-state index contributed by atoms with van der Waals surface area (Å²) in [5, 5.41) is 16.6. The number of thiazole rings is 1. The number of methoxy groups -OCH3 is 2. The van der Waals surface area contributed by atoms with Gasteiger partial charge in [0, 0.05) is 31.3 Å². The predicted octanol–water partition coefficient (Wildman–Crippen LogP) is 6.77. The number of hydrogen-bond donors (Lipinski definition) is 5. The molecular weight excluding hydrogens is 771 g/mol. The molecule has 15 nitrogen and oxygen atoms in total. The molecule has 0 saturated carbocycles. The van der Waals surface area contributed by atoms with Crippen LogP contribution in [0.5, 0.6) is 0 Å². The van der Waals surface area contributed by atoms with Crippen LogP contribution < -0.4 is 10.6 Å². The summed E-state index contributed by atoms with van der Waals surface area (Å²) in [5.41, 5.74) is 5.56. The maximum Gasteiger partial charge on any atom is 0.407 e. The summed E-state index contributed by atoms with van der Waals surface area (Å²) in [6.45, 7) is 8.93. The fourth-order valence-electron chi connectivity index (χ4n) is 8.10. The van der Waals surface area contributed by atoms with Gasteiger partial charge in [-0.3, -0.25) is 14.9 Å².